The first-order valence-corrected chi connectivity index (χ1v) is 8.42. The molecule has 118 valence electrons. The minimum Gasteiger partial charge on any atom is -0.384 e. The van der Waals surface area contributed by atoms with Crippen molar-refractivity contribution in [1.82, 2.24) is 15.0 Å². The first kappa shape index (κ1) is 14.6. The first-order valence-electron chi connectivity index (χ1n) is 7.22. The van der Waals surface area contributed by atoms with Crippen molar-refractivity contribution in [3.05, 3.63) is 29.7 Å². The molecule has 3 aromatic heterocycles. The molecule has 0 bridgehead atoms. The number of rotatable bonds is 2. The fourth-order valence-electron chi connectivity index (χ4n) is 2.57. The summed E-state index contributed by atoms with van der Waals surface area (Å²) in [6.07, 6.45) is 1.77. The second-order valence-corrected chi connectivity index (χ2v) is 6.60. The average molecular weight is 348 g/mol. The number of anilines is 2. The number of hydrogen-bond donors (Lipinski definition) is 1. The molecule has 23 heavy (non-hydrogen) atoms. The molecule has 4 heterocycles. The van der Waals surface area contributed by atoms with Crippen LogP contribution >= 0.6 is 22.9 Å². The van der Waals surface area contributed by atoms with Gasteiger partial charge in [-0.15, -0.1) is 11.3 Å². The zero-order chi connectivity index (χ0) is 15.8. The summed E-state index contributed by atoms with van der Waals surface area (Å²) >= 11 is 7.75. The fraction of sp³-hybridized carbons (Fsp3) is 0.267. The van der Waals surface area contributed by atoms with Crippen LogP contribution in [-0.4, -0.2) is 41.3 Å². The van der Waals surface area contributed by atoms with E-state index in [9.17, 15) is 0 Å². The molecule has 1 aliphatic rings. The predicted octanol–water partition coefficient (Wildman–Crippen LogP) is 2.83. The van der Waals surface area contributed by atoms with Crippen molar-refractivity contribution >= 4 is 44.8 Å². The summed E-state index contributed by atoms with van der Waals surface area (Å²) in [5.74, 6) is 1.38. The largest absolute Gasteiger partial charge is 0.384 e. The van der Waals surface area contributed by atoms with Gasteiger partial charge in [0.15, 0.2) is 5.82 Å². The zero-order valence-electron chi connectivity index (χ0n) is 12.2. The highest BCUT2D eigenvalue weighted by atomic mass is 35.5. The number of hydrogen-bond acceptors (Lipinski definition) is 7. The predicted molar refractivity (Wildman–Crippen MR) is 93.1 cm³/mol. The van der Waals surface area contributed by atoms with Crippen molar-refractivity contribution in [3.63, 3.8) is 0 Å². The normalized spacial score (nSPS) is 15.3. The van der Waals surface area contributed by atoms with Crippen molar-refractivity contribution in [2.24, 2.45) is 0 Å². The molecule has 0 atom stereocenters. The van der Waals surface area contributed by atoms with E-state index in [-0.39, 0.29) is 5.28 Å². The summed E-state index contributed by atoms with van der Waals surface area (Å²) in [7, 11) is 0. The first-order chi connectivity index (χ1) is 11.2. The molecule has 0 radical (unpaired) electrons. The van der Waals surface area contributed by atoms with Gasteiger partial charge in [0.25, 0.3) is 0 Å². The second-order valence-electron chi connectivity index (χ2n) is 5.21. The molecular weight excluding hydrogens is 334 g/mol. The molecule has 0 saturated carbocycles. The summed E-state index contributed by atoms with van der Waals surface area (Å²) in [6.45, 7) is 3.00. The van der Waals surface area contributed by atoms with E-state index in [0.29, 0.717) is 19.0 Å². The van der Waals surface area contributed by atoms with Gasteiger partial charge in [0, 0.05) is 29.7 Å². The van der Waals surface area contributed by atoms with Crippen LogP contribution in [-0.2, 0) is 4.74 Å². The Kier molecular flexibility index (Phi) is 3.76. The quantitative estimate of drug-likeness (QED) is 0.718. The average Bonchev–Trinajstić information content (AvgIpc) is 2.99. The lowest BCUT2D eigenvalue weighted by Crippen LogP contribution is -2.36. The Hall–Kier alpha value is -1.96. The van der Waals surface area contributed by atoms with Gasteiger partial charge in [-0.25, -0.2) is 9.97 Å². The van der Waals surface area contributed by atoms with E-state index in [1.165, 1.54) is 0 Å². The van der Waals surface area contributed by atoms with Crippen molar-refractivity contribution in [2.45, 2.75) is 0 Å². The number of pyridine rings is 1. The molecule has 4 rings (SSSR count). The molecule has 1 saturated heterocycles. The molecule has 0 aromatic carbocycles. The van der Waals surface area contributed by atoms with E-state index in [4.69, 9.17) is 22.1 Å². The Bertz CT molecular complexity index is 845. The van der Waals surface area contributed by atoms with Crippen molar-refractivity contribution < 1.29 is 4.74 Å². The number of fused-ring (bicyclic) bond motifs is 1. The summed E-state index contributed by atoms with van der Waals surface area (Å²) in [5.41, 5.74) is 7.51. The number of morpholine rings is 1. The summed E-state index contributed by atoms with van der Waals surface area (Å²) < 4.78 is 6.45. The van der Waals surface area contributed by atoms with Gasteiger partial charge in [0.2, 0.25) is 5.28 Å². The molecule has 1 fully saturated rings. The molecule has 8 heteroatoms. The van der Waals surface area contributed by atoms with E-state index in [1.807, 2.05) is 12.1 Å². The van der Waals surface area contributed by atoms with E-state index < -0.39 is 0 Å². The summed E-state index contributed by atoms with van der Waals surface area (Å²) in [4.78, 5) is 16.2. The summed E-state index contributed by atoms with van der Waals surface area (Å²) in [6, 6.07) is 5.77. The number of halogens is 1. The van der Waals surface area contributed by atoms with Gasteiger partial charge < -0.3 is 15.4 Å². The number of aromatic nitrogens is 3. The van der Waals surface area contributed by atoms with Gasteiger partial charge >= 0.3 is 0 Å². The van der Waals surface area contributed by atoms with Crippen LogP contribution in [0.3, 0.4) is 0 Å². The molecule has 0 aliphatic carbocycles. The number of nitrogens with zero attached hydrogens (tertiary/aromatic N) is 4. The van der Waals surface area contributed by atoms with Gasteiger partial charge in [0.05, 0.1) is 23.4 Å². The maximum absolute atomic E-state index is 6.11. The number of thiophene rings is 1. The monoisotopic (exact) mass is 347 g/mol. The van der Waals surface area contributed by atoms with Crippen molar-refractivity contribution in [1.29, 1.82) is 0 Å². The lowest BCUT2D eigenvalue weighted by atomic mass is 10.2. The fourth-order valence-corrected chi connectivity index (χ4v) is 3.85. The third-order valence-corrected chi connectivity index (χ3v) is 5.05. The Balaban J connectivity index is 1.82. The highest BCUT2D eigenvalue weighted by Crippen LogP contribution is 2.37. The minimum absolute atomic E-state index is 0.263. The lowest BCUT2D eigenvalue weighted by Gasteiger charge is -2.28. The third-order valence-electron chi connectivity index (χ3n) is 3.71. The molecule has 3 aromatic rings. The van der Waals surface area contributed by atoms with Crippen LogP contribution in [0.1, 0.15) is 0 Å². The number of ether oxygens (including phenoxy) is 1. The SMILES string of the molecule is Nc1ccc(-c2cc3nc(Cl)nc(N4CCOCC4)c3s2)cn1. The van der Waals surface area contributed by atoms with Crippen LogP contribution in [0.4, 0.5) is 11.6 Å². The Morgan fingerprint density at radius 1 is 1.22 bits per heavy atom. The van der Waals surface area contributed by atoms with Crippen molar-refractivity contribution in [3.8, 4) is 10.4 Å². The van der Waals surface area contributed by atoms with Crippen molar-refractivity contribution in [2.75, 3.05) is 36.9 Å². The highest BCUT2D eigenvalue weighted by molar-refractivity contribution is 7.22. The maximum Gasteiger partial charge on any atom is 0.224 e. The van der Waals surface area contributed by atoms with Gasteiger partial charge in [-0.2, -0.15) is 4.98 Å². The Labute approximate surface area is 141 Å². The topological polar surface area (TPSA) is 77.2 Å². The number of nitrogen functional groups attached to an aromatic ring is 1. The molecular formula is C15H14ClN5OS. The van der Waals surface area contributed by atoms with Gasteiger partial charge in [-0.05, 0) is 29.8 Å². The maximum atomic E-state index is 6.11. The smallest absolute Gasteiger partial charge is 0.224 e. The minimum atomic E-state index is 0.263. The highest BCUT2D eigenvalue weighted by Gasteiger charge is 2.19. The molecule has 2 N–H and O–H groups in total. The Morgan fingerprint density at radius 2 is 2.04 bits per heavy atom. The molecule has 1 aliphatic heterocycles. The van der Waals surface area contributed by atoms with E-state index in [1.54, 1.807) is 23.6 Å². The number of nitrogens with two attached hydrogens (primary N) is 1. The standard InChI is InChI=1S/C15H14ClN5OS/c16-15-19-10-7-11(9-1-2-12(17)18-8-9)23-13(10)14(20-15)21-3-5-22-6-4-21/h1-2,7-8H,3-6H2,(H2,17,18). The Morgan fingerprint density at radius 3 is 2.78 bits per heavy atom. The van der Waals surface area contributed by atoms with Crippen LogP contribution in [0.15, 0.2) is 24.4 Å². The van der Waals surface area contributed by atoms with Gasteiger partial charge in [-0.1, -0.05) is 0 Å². The molecule has 0 spiro atoms. The molecule has 0 amide bonds. The molecule has 0 unspecified atom stereocenters. The van der Waals surface area contributed by atoms with Gasteiger partial charge in [0.1, 0.15) is 5.82 Å². The lowest BCUT2D eigenvalue weighted by molar-refractivity contribution is 0.122. The van der Waals surface area contributed by atoms with E-state index in [2.05, 4.69) is 19.9 Å². The second kappa shape index (κ2) is 5.92. The van der Waals surface area contributed by atoms with E-state index >= 15 is 0 Å². The van der Waals surface area contributed by atoms with Crippen LogP contribution in [0, 0.1) is 0 Å². The van der Waals surface area contributed by atoms with Crippen LogP contribution in [0.5, 0.6) is 0 Å². The summed E-state index contributed by atoms with van der Waals surface area (Å²) in [5, 5.41) is 0.263. The van der Waals surface area contributed by atoms with E-state index in [0.717, 1.165) is 39.6 Å². The zero-order valence-corrected chi connectivity index (χ0v) is 13.8. The molecule has 6 nitrogen and oxygen atoms in total. The third kappa shape index (κ3) is 2.83. The van der Waals surface area contributed by atoms with Crippen LogP contribution < -0.4 is 10.6 Å². The van der Waals surface area contributed by atoms with Gasteiger partial charge in [-0.3, -0.25) is 0 Å². The van der Waals surface area contributed by atoms with Crippen LogP contribution in [0.2, 0.25) is 5.28 Å². The van der Waals surface area contributed by atoms with Crippen LogP contribution in [0.25, 0.3) is 20.7 Å².